The van der Waals surface area contributed by atoms with Gasteiger partial charge in [-0.05, 0) is 73.3 Å². The molecule has 0 radical (unpaired) electrons. The Hall–Kier alpha value is -1.84. The molecular formula is C26H38O4. The highest BCUT2D eigenvalue weighted by atomic mass is 16.6. The molecule has 2 fully saturated rings. The van der Waals surface area contributed by atoms with Crippen LogP contribution in [0, 0.1) is 22.7 Å². The Morgan fingerprint density at radius 3 is 1.43 bits per heavy atom. The Labute approximate surface area is 181 Å². The number of carbonyl (C=O) groups excluding carboxylic acids is 2. The third kappa shape index (κ3) is 5.86. The third-order valence-corrected chi connectivity index (χ3v) is 6.61. The molecule has 30 heavy (non-hydrogen) atoms. The number of esters is 2. The van der Waals surface area contributed by atoms with Crippen molar-refractivity contribution in [2.24, 2.45) is 22.7 Å². The topological polar surface area (TPSA) is 52.6 Å². The van der Waals surface area contributed by atoms with E-state index in [1.165, 1.54) is 0 Å². The fraction of sp³-hybridized carbons (Fsp3) is 0.692. The molecule has 0 aromatic heterocycles. The molecule has 0 aliphatic heterocycles. The summed E-state index contributed by atoms with van der Waals surface area (Å²) in [6, 6.07) is 6.88. The first-order valence-electron chi connectivity index (χ1n) is 11.5. The lowest BCUT2D eigenvalue weighted by Gasteiger charge is -2.38. The van der Waals surface area contributed by atoms with E-state index in [-0.39, 0.29) is 23.0 Å². The van der Waals surface area contributed by atoms with Gasteiger partial charge in [-0.3, -0.25) is 0 Å². The molecular weight excluding hydrogens is 376 g/mol. The molecule has 0 spiro atoms. The third-order valence-electron chi connectivity index (χ3n) is 6.61. The van der Waals surface area contributed by atoms with Crippen molar-refractivity contribution in [2.45, 2.75) is 92.3 Å². The molecule has 0 amide bonds. The summed E-state index contributed by atoms with van der Waals surface area (Å²) in [5.41, 5.74) is 0.931. The fourth-order valence-electron chi connectivity index (χ4n) is 5.97. The van der Waals surface area contributed by atoms with Crippen molar-refractivity contribution in [1.82, 2.24) is 0 Å². The summed E-state index contributed by atoms with van der Waals surface area (Å²) in [6.07, 6.45) is 5.50. The van der Waals surface area contributed by atoms with Crippen LogP contribution in [-0.2, 0) is 9.47 Å². The number of rotatable bonds is 4. The van der Waals surface area contributed by atoms with Crippen LogP contribution in [0.1, 0.15) is 101 Å². The maximum Gasteiger partial charge on any atom is 0.339 e. The summed E-state index contributed by atoms with van der Waals surface area (Å²) >= 11 is 0. The van der Waals surface area contributed by atoms with Crippen molar-refractivity contribution in [3.8, 4) is 0 Å². The summed E-state index contributed by atoms with van der Waals surface area (Å²) in [4.78, 5) is 25.9. The first-order chi connectivity index (χ1) is 13.9. The Kier molecular flexibility index (Phi) is 6.64. The van der Waals surface area contributed by atoms with Gasteiger partial charge in [-0.25, -0.2) is 9.59 Å². The van der Waals surface area contributed by atoms with Gasteiger partial charge in [0.05, 0.1) is 11.1 Å². The first-order valence-corrected chi connectivity index (χ1v) is 11.5. The number of ether oxygens (including phenoxy) is 2. The minimum Gasteiger partial charge on any atom is -0.459 e. The highest BCUT2D eigenvalue weighted by Gasteiger charge is 2.36. The molecule has 2 saturated carbocycles. The minimum absolute atomic E-state index is 0.111. The van der Waals surface area contributed by atoms with Gasteiger partial charge < -0.3 is 9.47 Å². The molecule has 0 unspecified atom stereocenters. The van der Waals surface area contributed by atoms with Crippen molar-refractivity contribution in [3.05, 3.63) is 35.4 Å². The molecule has 0 N–H and O–H groups in total. The van der Waals surface area contributed by atoms with E-state index in [9.17, 15) is 9.59 Å². The molecule has 4 nitrogen and oxygen atoms in total. The molecule has 4 heteroatoms. The standard InChI is InChI=1S/C26H38O4/c1-17-11-19(15-25(3,4)13-17)29-23(27)21-9-7-8-10-22(21)24(28)30-20-12-18(2)14-26(5,6)16-20/h7-10,17-20H,11-16H2,1-6H3/t17-,18-,19+,20+/m0/s1. The number of benzene rings is 1. The number of carbonyl (C=O) groups is 2. The van der Waals surface area contributed by atoms with Crippen LogP contribution in [-0.4, -0.2) is 24.1 Å². The van der Waals surface area contributed by atoms with E-state index in [2.05, 4.69) is 41.5 Å². The zero-order valence-electron chi connectivity index (χ0n) is 19.5. The van der Waals surface area contributed by atoms with Crippen molar-refractivity contribution in [1.29, 1.82) is 0 Å². The Morgan fingerprint density at radius 2 is 1.10 bits per heavy atom. The van der Waals surface area contributed by atoms with Gasteiger partial charge in [0.25, 0.3) is 0 Å². The Bertz CT molecular complexity index is 714. The van der Waals surface area contributed by atoms with Crippen LogP contribution in [0.5, 0.6) is 0 Å². The molecule has 2 aliphatic carbocycles. The van der Waals surface area contributed by atoms with Crippen LogP contribution in [0.15, 0.2) is 24.3 Å². The van der Waals surface area contributed by atoms with Gasteiger partial charge in [0.15, 0.2) is 0 Å². The minimum atomic E-state index is -0.421. The van der Waals surface area contributed by atoms with Gasteiger partial charge in [0.1, 0.15) is 12.2 Å². The molecule has 0 saturated heterocycles. The Balaban J connectivity index is 1.70. The summed E-state index contributed by atoms with van der Waals surface area (Å²) in [6.45, 7) is 13.3. The quantitative estimate of drug-likeness (QED) is 0.533. The molecule has 0 heterocycles. The van der Waals surface area contributed by atoms with Gasteiger partial charge in [-0.15, -0.1) is 0 Å². The van der Waals surface area contributed by atoms with E-state index in [4.69, 9.17) is 9.47 Å². The van der Waals surface area contributed by atoms with E-state index in [0.29, 0.717) is 23.0 Å². The molecule has 0 bridgehead atoms. The van der Waals surface area contributed by atoms with Crippen LogP contribution < -0.4 is 0 Å². The monoisotopic (exact) mass is 414 g/mol. The maximum absolute atomic E-state index is 13.0. The fourth-order valence-corrected chi connectivity index (χ4v) is 5.97. The van der Waals surface area contributed by atoms with Crippen molar-refractivity contribution in [3.63, 3.8) is 0 Å². The predicted octanol–water partition coefficient (Wildman–Crippen LogP) is 6.43. The summed E-state index contributed by atoms with van der Waals surface area (Å²) in [5, 5.41) is 0. The highest BCUT2D eigenvalue weighted by molar-refractivity contribution is 6.03. The second kappa shape index (κ2) is 8.72. The van der Waals surface area contributed by atoms with Crippen molar-refractivity contribution < 1.29 is 19.1 Å². The number of hydrogen-bond donors (Lipinski definition) is 0. The van der Waals surface area contributed by atoms with Crippen molar-refractivity contribution >= 4 is 11.9 Å². The van der Waals surface area contributed by atoms with Gasteiger partial charge in [-0.1, -0.05) is 53.7 Å². The largest absolute Gasteiger partial charge is 0.459 e. The lowest BCUT2D eigenvalue weighted by molar-refractivity contribution is -0.0112. The molecule has 4 atom stereocenters. The summed E-state index contributed by atoms with van der Waals surface area (Å²) < 4.78 is 11.7. The average Bonchev–Trinajstić information content (AvgIpc) is 2.58. The first kappa shape index (κ1) is 22.8. The SMILES string of the molecule is C[C@H]1C[C@@H](OC(=O)c2ccccc2C(=O)O[C@@H]2C[C@H](C)CC(C)(C)C2)CC(C)(C)C1. The molecule has 1 aromatic carbocycles. The van der Waals surface area contributed by atoms with E-state index >= 15 is 0 Å². The smallest absolute Gasteiger partial charge is 0.339 e. The van der Waals surface area contributed by atoms with Crippen LogP contribution in [0.2, 0.25) is 0 Å². The van der Waals surface area contributed by atoms with Gasteiger partial charge in [0.2, 0.25) is 0 Å². The molecule has 166 valence electrons. The van der Waals surface area contributed by atoms with E-state index in [1.54, 1.807) is 24.3 Å². The predicted molar refractivity (Wildman–Crippen MR) is 118 cm³/mol. The van der Waals surface area contributed by atoms with E-state index in [1.807, 2.05) is 0 Å². The van der Waals surface area contributed by atoms with Gasteiger partial charge in [0, 0.05) is 0 Å². The molecule has 1 aromatic rings. The highest BCUT2D eigenvalue weighted by Crippen LogP contribution is 2.41. The lowest BCUT2D eigenvalue weighted by atomic mass is 9.71. The summed E-state index contributed by atoms with van der Waals surface area (Å²) in [5.74, 6) is 0.191. The Morgan fingerprint density at radius 1 is 0.733 bits per heavy atom. The van der Waals surface area contributed by atoms with Crippen LogP contribution in [0.3, 0.4) is 0 Å². The zero-order valence-corrected chi connectivity index (χ0v) is 19.5. The van der Waals surface area contributed by atoms with E-state index in [0.717, 1.165) is 38.5 Å². The summed E-state index contributed by atoms with van der Waals surface area (Å²) in [7, 11) is 0. The van der Waals surface area contributed by atoms with Gasteiger partial charge in [-0.2, -0.15) is 0 Å². The van der Waals surface area contributed by atoms with Gasteiger partial charge >= 0.3 is 11.9 Å². The number of hydrogen-bond acceptors (Lipinski definition) is 4. The van der Waals surface area contributed by atoms with Crippen LogP contribution >= 0.6 is 0 Å². The zero-order chi connectivity index (χ0) is 22.1. The average molecular weight is 415 g/mol. The van der Waals surface area contributed by atoms with E-state index < -0.39 is 11.9 Å². The van der Waals surface area contributed by atoms with Crippen LogP contribution in [0.25, 0.3) is 0 Å². The normalized spacial score (nSPS) is 30.3. The maximum atomic E-state index is 13.0. The lowest BCUT2D eigenvalue weighted by Crippen LogP contribution is -2.35. The van der Waals surface area contributed by atoms with Crippen molar-refractivity contribution in [2.75, 3.05) is 0 Å². The second-order valence-corrected chi connectivity index (χ2v) is 11.4. The second-order valence-electron chi connectivity index (χ2n) is 11.4. The molecule has 2 aliphatic rings. The van der Waals surface area contributed by atoms with Crippen LogP contribution in [0.4, 0.5) is 0 Å². The molecule has 3 rings (SSSR count).